The van der Waals surface area contributed by atoms with Crippen molar-refractivity contribution in [1.82, 2.24) is 10.3 Å². The standard InChI is InChI=1S/C13H11N2O/c16-13(11-6-2-1-3-7-11)15-10-12-8-4-5-9-14-12/h1-6,8-9H,10H2,(H,15,16). The van der Waals surface area contributed by atoms with Gasteiger partial charge in [0, 0.05) is 11.8 Å². The number of rotatable bonds is 3. The van der Waals surface area contributed by atoms with Crippen molar-refractivity contribution in [2.75, 3.05) is 0 Å². The van der Waals surface area contributed by atoms with Crippen LogP contribution in [0.1, 0.15) is 16.1 Å². The molecule has 2 aromatic rings. The molecule has 0 spiro atoms. The summed E-state index contributed by atoms with van der Waals surface area (Å²) in [7, 11) is 0. The zero-order valence-electron chi connectivity index (χ0n) is 8.68. The lowest BCUT2D eigenvalue weighted by molar-refractivity contribution is 0.0950. The molecule has 1 amide bonds. The van der Waals surface area contributed by atoms with Gasteiger partial charge in [-0.15, -0.1) is 0 Å². The van der Waals surface area contributed by atoms with E-state index in [0.29, 0.717) is 12.1 Å². The number of pyridine rings is 1. The van der Waals surface area contributed by atoms with Gasteiger partial charge in [-0.05, 0) is 24.3 Å². The summed E-state index contributed by atoms with van der Waals surface area (Å²) in [6.07, 6.45) is 1.70. The normalized spacial score (nSPS) is 9.75. The molecule has 0 saturated carbocycles. The van der Waals surface area contributed by atoms with E-state index in [1.54, 1.807) is 18.3 Å². The van der Waals surface area contributed by atoms with E-state index in [1.165, 1.54) is 0 Å². The van der Waals surface area contributed by atoms with Crippen molar-refractivity contribution in [1.29, 1.82) is 0 Å². The molecular weight excluding hydrogens is 200 g/mol. The van der Waals surface area contributed by atoms with Crippen molar-refractivity contribution in [3.05, 3.63) is 66.0 Å². The molecule has 0 bridgehead atoms. The van der Waals surface area contributed by atoms with E-state index in [0.717, 1.165) is 5.69 Å². The number of benzene rings is 1. The molecule has 0 unspecified atom stereocenters. The van der Waals surface area contributed by atoms with Crippen LogP contribution in [0.3, 0.4) is 0 Å². The highest BCUT2D eigenvalue weighted by atomic mass is 16.1. The van der Waals surface area contributed by atoms with E-state index in [-0.39, 0.29) is 5.91 Å². The van der Waals surface area contributed by atoms with Gasteiger partial charge in [0.1, 0.15) is 0 Å². The van der Waals surface area contributed by atoms with Gasteiger partial charge in [0.15, 0.2) is 0 Å². The zero-order valence-corrected chi connectivity index (χ0v) is 8.68. The Bertz CT molecular complexity index is 454. The van der Waals surface area contributed by atoms with Gasteiger partial charge in [0.25, 0.3) is 5.91 Å². The summed E-state index contributed by atoms with van der Waals surface area (Å²) in [5.41, 5.74) is 1.38. The fraction of sp³-hybridized carbons (Fsp3) is 0.0769. The van der Waals surface area contributed by atoms with E-state index in [4.69, 9.17) is 0 Å². The van der Waals surface area contributed by atoms with Crippen LogP contribution in [0.25, 0.3) is 0 Å². The minimum atomic E-state index is -0.133. The third kappa shape index (κ3) is 2.67. The van der Waals surface area contributed by atoms with E-state index in [9.17, 15) is 4.79 Å². The molecule has 3 nitrogen and oxygen atoms in total. The predicted molar refractivity (Wildman–Crippen MR) is 60.7 cm³/mol. The highest BCUT2D eigenvalue weighted by Gasteiger charge is 2.03. The lowest BCUT2D eigenvalue weighted by Crippen LogP contribution is -2.23. The number of nitrogens with zero attached hydrogens (tertiary/aromatic N) is 1. The SMILES string of the molecule is O=C(NCc1ccccn1)c1[c]cccc1. The number of nitrogens with one attached hydrogen (secondary N) is 1. The molecule has 16 heavy (non-hydrogen) atoms. The summed E-state index contributed by atoms with van der Waals surface area (Å²) in [6.45, 7) is 0.433. The first-order chi connectivity index (χ1) is 7.86. The molecule has 0 atom stereocenters. The topological polar surface area (TPSA) is 42.0 Å². The largest absolute Gasteiger partial charge is 0.346 e. The fourth-order valence-corrected chi connectivity index (χ4v) is 1.30. The first-order valence-electron chi connectivity index (χ1n) is 5.01. The molecular formula is C13H11N2O. The van der Waals surface area contributed by atoms with Gasteiger partial charge in [0.2, 0.25) is 0 Å². The molecule has 1 radical (unpaired) electrons. The van der Waals surface area contributed by atoms with Crippen molar-refractivity contribution >= 4 is 5.91 Å². The molecule has 0 aliphatic heterocycles. The number of amides is 1. The summed E-state index contributed by atoms with van der Waals surface area (Å²) >= 11 is 0. The summed E-state index contributed by atoms with van der Waals surface area (Å²) in [5.74, 6) is -0.133. The van der Waals surface area contributed by atoms with Crippen molar-refractivity contribution in [2.24, 2.45) is 0 Å². The van der Waals surface area contributed by atoms with Crippen LogP contribution in [0.4, 0.5) is 0 Å². The molecule has 0 saturated heterocycles. The van der Waals surface area contributed by atoms with Gasteiger partial charge in [0.05, 0.1) is 12.2 Å². The molecule has 3 heteroatoms. The van der Waals surface area contributed by atoms with Crippen LogP contribution in [0.2, 0.25) is 0 Å². The second-order valence-electron chi connectivity index (χ2n) is 3.28. The van der Waals surface area contributed by atoms with Crippen LogP contribution < -0.4 is 5.32 Å². The minimum Gasteiger partial charge on any atom is -0.346 e. The number of aromatic nitrogens is 1. The number of carbonyl (C=O) groups excluding carboxylic acids is 1. The third-order valence-corrected chi connectivity index (χ3v) is 2.11. The van der Waals surface area contributed by atoms with E-state index in [1.807, 2.05) is 30.3 Å². The van der Waals surface area contributed by atoms with E-state index in [2.05, 4.69) is 16.4 Å². The van der Waals surface area contributed by atoms with Crippen LogP contribution in [0.15, 0.2) is 48.7 Å². The van der Waals surface area contributed by atoms with Gasteiger partial charge >= 0.3 is 0 Å². The Morgan fingerprint density at radius 2 is 2.12 bits per heavy atom. The Kier molecular flexibility index (Phi) is 3.28. The van der Waals surface area contributed by atoms with Crippen LogP contribution in [0.5, 0.6) is 0 Å². The Balaban J connectivity index is 1.95. The first kappa shape index (κ1) is 10.4. The second-order valence-corrected chi connectivity index (χ2v) is 3.28. The average Bonchev–Trinajstić information content (AvgIpc) is 2.38. The molecule has 1 N–H and O–H groups in total. The van der Waals surface area contributed by atoms with Crippen LogP contribution in [-0.4, -0.2) is 10.9 Å². The Morgan fingerprint density at radius 3 is 2.81 bits per heavy atom. The smallest absolute Gasteiger partial charge is 0.252 e. The molecule has 1 aromatic carbocycles. The quantitative estimate of drug-likeness (QED) is 0.841. The van der Waals surface area contributed by atoms with Gasteiger partial charge < -0.3 is 5.32 Å². The van der Waals surface area contributed by atoms with Crippen molar-refractivity contribution in [3.63, 3.8) is 0 Å². The Morgan fingerprint density at radius 1 is 1.25 bits per heavy atom. The molecule has 0 fully saturated rings. The number of hydrogen-bond donors (Lipinski definition) is 1. The van der Waals surface area contributed by atoms with Crippen molar-refractivity contribution in [2.45, 2.75) is 6.54 Å². The summed E-state index contributed by atoms with van der Waals surface area (Å²) in [4.78, 5) is 15.8. The maximum Gasteiger partial charge on any atom is 0.252 e. The Hall–Kier alpha value is -2.16. The Labute approximate surface area is 94.1 Å². The molecule has 2 rings (SSSR count). The maximum absolute atomic E-state index is 11.6. The maximum atomic E-state index is 11.6. The van der Waals surface area contributed by atoms with Gasteiger partial charge in [-0.3, -0.25) is 9.78 Å². The van der Waals surface area contributed by atoms with E-state index < -0.39 is 0 Å². The molecule has 0 aliphatic rings. The van der Waals surface area contributed by atoms with Crippen LogP contribution in [0, 0.1) is 6.07 Å². The van der Waals surface area contributed by atoms with Crippen LogP contribution >= 0.6 is 0 Å². The lowest BCUT2D eigenvalue weighted by atomic mass is 10.2. The monoisotopic (exact) mass is 211 g/mol. The van der Waals surface area contributed by atoms with Gasteiger partial charge in [-0.25, -0.2) is 0 Å². The first-order valence-corrected chi connectivity index (χ1v) is 5.01. The molecule has 79 valence electrons. The van der Waals surface area contributed by atoms with E-state index >= 15 is 0 Å². The summed E-state index contributed by atoms with van der Waals surface area (Å²) < 4.78 is 0. The fourth-order valence-electron chi connectivity index (χ4n) is 1.30. The average molecular weight is 211 g/mol. The molecule has 0 aliphatic carbocycles. The summed E-state index contributed by atoms with van der Waals surface area (Å²) in [6, 6.07) is 15.6. The number of hydrogen-bond acceptors (Lipinski definition) is 2. The molecule has 1 heterocycles. The minimum absolute atomic E-state index is 0.133. The second kappa shape index (κ2) is 5.07. The number of carbonyl (C=O) groups is 1. The lowest BCUT2D eigenvalue weighted by Gasteiger charge is -2.03. The highest BCUT2D eigenvalue weighted by molar-refractivity contribution is 5.93. The predicted octanol–water partition coefficient (Wildman–Crippen LogP) is 1.81. The van der Waals surface area contributed by atoms with Gasteiger partial charge in [-0.2, -0.15) is 0 Å². The molecule has 1 aromatic heterocycles. The van der Waals surface area contributed by atoms with Crippen molar-refractivity contribution < 1.29 is 4.79 Å². The highest BCUT2D eigenvalue weighted by Crippen LogP contribution is 1.98. The van der Waals surface area contributed by atoms with Crippen LogP contribution in [-0.2, 0) is 6.54 Å². The zero-order chi connectivity index (χ0) is 11.2. The summed E-state index contributed by atoms with van der Waals surface area (Å²) in [5, 5.41) is 2.78. The third-order valence-electron chi connectivity index (χ3n) is 2.11. The van der Waals surface area contributed by atoms with Gasteiger partial charge in [-0.1, -0.05) is 24.3 Å². The van der Waals surface area contributed by atoms with Crippen molar-refractivity contribution in [3.8, 4) is 0 Å².